The lowest BCUT2D eigenvalue weighted by molar-refractivity contribution is -0.124. The molecule has 0 spiro atoms. The molecule has 3 heteroatoms. The second kappa shape index (κ2) is 2.86. The Balaban J connectivity index is 2.90. The van der Waals surface area contributed by atoms with Crippen molar-refractivity contribution in [1.29, 1.82) is 0 Å². The van der Waals surface area contributed by atoms with Gasteiger partial charge in [-0.05, 0) is 13.3 Å². The Labute approximate surface area is 65.5 Å². The van der Waals surface area contributed by atoms with Gasteiger partial charge in [0.25, 0.3) is 5.91 Å². The Morgan fingerprint density at radius 1 is 1.55 bits per heavy atom. The number of rotatable bonds is 1. The molecule has 60 valence electrons. The maximum absolute atomic E-state index is 11.0. The number of imide groups is 1. The summed E-state index contributed by atoms with van der Waals surface area (Å²) in [6.07, 6.45) is 1.09. The standard InChI is InChI=1S/C8H11NO2/c1-3-5(2)6-4-7(10)9-8(6)11/h3-4H2,1-2H3,(H,9,10,11). The van der Waals surface area contributed by atoms with Crippen LogP contribution in [0.1, 0.15) is 26.7 Å². The average Bonchev–Trinajstić information content (AvgIpc) is 2.28. The lowest BCUT2D eigenvalue weighted by Crippen LogP contribution is -2.19. The van der Waals surface area contributed by atoms with Crippen LogP contribution in [0.3, 0.4) is 0 Å². The normalized spacial score (nSPS) is 22.0. The molecule has 0 aromatic heterocycles. The lowest BCUT2D eigenvalue weighted by Gasteiger charge is -1.97. The third-order valence-electron chi connectivity index (χ3n) is 1.91. The fourth-order valence-corrected chi connectivity index (χ4v) is 1.05. The van der Waals surface area contributed by atoms with Gasteiger partial charge in [0.05, 0.1) is 6.42 Å². The molecule has 1 fully saturated rings. The minimum absolute atomic E-state index is 0.183. The minimum Gasteiger partial charge on any atom is -0.292 e. The molecule has 1 saturated heterocycles. The maximum Gasteiger partial charge on any atom is 0.254 e. The van der Waals surface area contributed by atoms with Gasteiger partial charge in [-0.1, -0.05) is 12.5 Å². The fraction of sp³-hybridized carbons (Fsp3) is 0.500. The highest BCUT2D eigenvalue weighted by Gasteiger charge is 2.24. The zero-order chi connectivity index (χ0) is 8.43. The Bertz CT molecular complexity index is 240. The first kappa shape index (κ1) is 7.98. The van der Waals surface area contributed by atoms with Gasteiger partial charge in [-0.2, -0.15) is 0 Å². The quantitative estimate of drug-likeness (QED) is 0.446. The second-order valence-electron chi connectivity index (χ2n) is 2.67. The number of hydrogen-bond donors (Lipinski definition) is 1. The van der Waals surface area contributed by atoms with E-state index >= 15 is 0 Å². The molecule has 0 unspecified atom stereocenters. The summed E-state index contributed by atoms with van der Waals surface area (Å²) in [5.74, 6) is -0.396. The van der Waals surface area contributed by atoms with Crippen LogP contribution in [-0.4, -0.2) is 11.8 Å². The molecule has 0 saturated carbocycles. The van der Waals surface area contributed by atoms with Crippen LogP contribution in [0.2, 0.25) is 0 Å². The maximum atomic E-state index is 11.0. The van der Waals surface area contributed by atoms with Gasteiger partial charge in [-0.15, -0.1) is 0 Å². The first-order valence-electron chi connectivity index (χ1n) is 3.68. The van der Waals surface area contributed by atoms with Gasteiger partial charge < -0.3 is 0 Å². The van der Waals surface area contributed by atoms with Gasteiger partial charge in [0.1, 0.15) is 0 Å². The topological polar surface area (TPSA) is 46.2 Å². The van der Waals surface area contributed by atoms with Crippen molar-refractivity contribution in [2.45, 2.75) is 26.7 Å². The van der Waals surface area contributed by atoms with Crippen molar-refractivity contribution < 1.29 is 9.59 Å². The second-order valence-corrected chi connectivity index (χ2v) is 2.67. The van der Waals surface area contributed by atoms with Crippen LogP contribution in [0.5, 0.6) is 0 Å². The number of allylic oxidation sites excluding steroid dienone is 1. The SMILES string of the molecule is CCC(C)=C1CC(=O)NC1=O. The molecule has 0 radical (unpaired) electrons. The third-order valence-corrected chi connectivity index (χ3v) is 1.91. The van der Waals surface area contributed by atoms with Gasteiger partial charge in [-0.3, -0.25) is 14.9 Å². The molecule has 2 amide bonds. The summed E-state index contributed by atoms with van der Waals surface area (Å²) < 4.78 is 0. The van der Waals surface area contributed by atoms with Crippen molar-refractivity contribution >= 4 is 11.8 Å². The van der Waals surface area contributed by atoms with Gasteiger partial charge in [0.2, 0.25) is 5.91 Å². The summed E-state index contributed by atoms with van der Waals surface area (Å²) in [6, 6.07) is 0. The predicted octanol–water partition coefficient (Wildman–Crippen LogP) is 0.759. The summed E-state index contributed by atoms with van der Waals surface area (Å²) in [5.41, 5.74) is 1.66. The Morgan fingerprint density at radius 2 is 2.18 bits per heavy atom. The van der Waals surface area contributed by atoms with Crippen molar-refractivity contribution in [2.75, 3.05) is 0 Å². The lowest BCUT2D eigenvalue weighted by atomic mass is 10.1. The molecule has 11 heavy (non-hydrogen) atoms. The molecule has 0 aromatic rings. The van der Waals surface area contributed by atoms with E-state index < -0.39 is 0 Å². The Hall–Kier alpha value is -1.12. The van der Waals surface area contributed by atoms with Crippen molar-refractivity contribution in [2.24, 2.45) is 0 Å². The first-order valence-corrected chi connectivity index (χ1v) is 3.68. The van der Waals surface area contributed by atoms with E-state index in [0.29, 0.717) is 5.57 Å². The van der Waals surface area contributed by atoms with E-state index in [0.717, 1.165) is 12.0 Å². The van der Waals surface area contributed by atoms with Gasteiger partial charge >= 0.3 is 0 Å². The smallest absolute Gasteiger partial charge is 0.254 e. The van der Waals surface area contributed by atoms with Crippen LogP contribution in [0.25, 0.3) is 0 Å². The molecular weight excluding hydrogens is 142 g/mol. The molecule has 1 aliphatic heterocycles. The zero-order valence-corrected chi connectivity index (χ0v) is 6.73. The molecule has 0 atom stereocenters. The van der Waals surface area contributed by atoms with Crippen LogP contribution in [-0.2, 0) is 9.59 Å². The summed E-state index contributed by atoms with van der Waals surface area (Å²) in [5, 5.41) is 2.25. The Morgan fingerprint density at radius 3 is 2.55 bits per heavy atom. The molecule has 0 aromatic carbocycles. The zero-order valence-electron chi connectivity index (χ0n) is 6.73. The molecule has 0 aliphatic carbocycles. The highest BCUT2D eigenvalue weighted by molar-refractivity contribution is 6.13. The van der Waals surface area contributed by atoms with Crippen molar-refractivity contribution in [3.8, 4) is 0 Å². The number of amides is 2. The van der Waals surface area contributed by atoms with Crippen LogP contribution in [0.15, 0.2) is 11.1 Å². The van der Waals surface area contributed by atoms with Crippen LogP contribution < -0.4 is 5.32 Å². The highest BCUT2D eigenvalue weighted by atomic mass is 16.2. The minimum atomic E-state index is -0.214. The van der Waals surface area contributed by atoms with Gasteiger partial charge in [-0.25, -0.2) is 0 Å². The fourth-order valence-electron chi connectivity index (χ4n) is 1.05. The molecular formula is C8H11NO2. The van der Waals surface area contributed by atoms with Crippen LogP contribution >= 0.6 is 0 Å². The van der Waals surface area contributed by atoms with Crippen molar-refractivity contribution in [3.63, 3.8) is 0 Å². The number of nitrogens with one attached hydrogen (secondary N) is 1. The van der Waals surface area contributed by atoms with E-state index in [1.165, 1.54) is 0 Å². The molecule has 1 N–H and O–H groups in total. The molecule has 3 nitrogen and oxygen atoms in total. The monoisotopic (exact) mass is 153 g/mol. The van der Waals surface area contributed by atoms with Crippen molar-refractivity contribution in [3.05, 3.63) is 11.1 Å². The largest absolute Gasteiger partial charge is 0.292 e. The molecule has 0 bridgehead atoms. The number of carbonyl (C=O) groups excluding carboxylic acids is 2. The van der Waals surface area contributed by atoms with Gasteiger partial charge in [0, 0.05) is 5.57 Å². The number of hydrogen-bond acceptors (Lipinski definition) is 2. The van der Waals surface area contributed by atoms with Crippen molar-refractivity contribution in [1.82, 2.24) is 5.32 Å². The van der Waals surface area contributed by atoms with E-state index in [-0.39, 0.29) is 18.2 Å². The summed E-state index contributed by atoms with van der Waals surface area (Å²) in [6.45, 7) is 3.85. The van der Waals surface area contributed by atoms with Gasteiger partial charge in [0.15, 0.2) is 0 Å². The first-order chi connectivity index (χ1) is 5.15. The van der Waals surface area contributed by atoms with E-state index in [4.69, 9.17) is 0 Å². The summed E-state index contributed by atoms with van der Waals surface area (Å²) in [4.78, 5) is 21.7. The van der Waals surface area contributed by atoms with E-state index in [1.54, 1.807) is 0 Å². The highest BCUT2D eigenvalue weighted by Crippen LogP contribution is 2.16. The average molecular weight is 153 g/mol. The van der Waals surface area contributed by atoms with Crippen LogP contribution in [0, 0.1) is 0 Å². The third kappa shape index (κ3) is 1.48. The molecule has 1 heterocycles. The van der Waals surface area contributed by atoms with Crippen LogP contribution in [0.4, 0.5) is 0 Å². The summed E-state index contributed by atoms with van der Waals surface area (Å²) >= 11 is 0. The van der Waals surface area contributed by atoms with E-state index in [2.05, 4.69) is 5.32 Å². The Kier molecular flexibility index (Phi) is 2.08. The predicted molar refractivity (Wildman–Crippen MR) is 40.8 cm³/mol. The summed E-state index contributed by atoms with van der Waals surface area (Å²) in [7, 11) is 0. The molecule has 1 aliphatic rings. The molecule has 1 rings (SSSR count). The van der Waals surface area contributed by atoms with E-state index in [1.807, 2.05) is 13.8 Å². The van der Waals surface area contributed by atoms with E-state index in [9.17, 15) is 9.59 Å². The number of carbonyl (C=O) groups is 2.